The van der Waals surface area contributed by atoms with Gasteiger partial charge in [-0.25, -0.2) is 4.39 Å². The van der Waals surface area contributed by atoms with Gasteiger partial charge in [0, 0.05) is 18.7 Å². The standard InChI is InChI=1S/C11H15FN2O2/c1-2-14-11(15)7-16-10-4-3-9(12)5-8(10)6-13/h3-5H,2,6-7,13H2,1H3,(H,14,15). The van der Waals surface area contributed by atoms with E-state index in [1.54, 1.807) is 0 Å². The molecule has 1 amide bonds. The summed E-state index contributed by atoms with van der Waals surface area (Å²) in [5, 5.41) is 2.60. The van der Waals surface area contributed by atoms with Crippen molar-refractivity contribution in [2.45, 2.75) is 13.5 Å². The second-order valence-electron chi connectivity index (χ2n) is 3.20. The minimum Gasteiger partial charge on any atom is -0.483 e. The molecular weight excluding hydrogens is 211 g/mol. The first-order valence-electron chi connectivity index (χ1n) is 5.05. The summed E-state index contributed by atoms with van der Waals surface area (Å²) in [6.07, 6.45) is 0. The van der Waals surface area contributed by atoms with Crippen LogP contribution in [0.2, 0.25) is 0 Å². The zero-order valence-electron chi connectivity index (χ0n) is 9.13. The number of benzene rings is 1. The monoisotopic (exact) mass is 226 g/mol. The first-order valence-corrected chi connectivity index (χ1v) is 5.05. The molecule has 1 rings (SSSR count). The predicted molar refractivity (Wildman–Crippen MR) is 58.5 cm³/mol. The van der Waals surface area contributed by atoms with Gasteiger partial charge in [0.25, 0.3) is 5.91 Å². The molecule has 0 aromatic heterocycles. The van der Waals surface area contributed by atoms with E-state index in [0.29, 0.717) is 17.9 Å². The third-order valence-corrected chi connectivity index (χ3v) is 1.98. The summed E-state index contributed by atoms with van der Waals surface area (Å²) in [6.45, 7) is 2.45. The lowest BCUT2D eigenvalue weighted by Gasteiger charge is -2.10. The number of rotatable bonds is 5. The molecule has 0 heterocycles. The minimum atomic E-state index is -0.370. The van der Waals surface area contributed by atoms with Crippen LogP contribution < -0.4 is 15.8 Å². The van der Waals surface area contributed by atoms with Gasteiger partial charge < -0.3 is 15.8 Å². The molecule has 0 aliphatic rings. The van der Waals surface area contributed by atoms with Crippen molar-refractivity contribution in [1.29, 1.82) is 0 Å². The van der Waals surface area contributed by atoms with Crippen LogP contribution in [0.5, 0.6) is 5.75 Å². The molecule has 0 saturated heterocycles. The van der Waals surface area contributed by atoms with E-state index in [9.17, 15) is 9.18 Å². The van der Waals surface area contributed by atoms with E-state index in [1.165, 1.54) is 18.2 Å². The van der Waals surface area contributed by atoms with Crippen LogP contribution in [0, 0.1) is 5.82 Å². The van der Waals surface area contributed by atoms with E-state index in [-0.39, 0.29) is 24.9 Å². The maximum atomic E-state index is 12.9. The number of hydrogen-bond donors (Lipinski definition) is 2. The van der Waals surface area contributed by atoms with Gasteiger partial charge in [0.15, 0.2) is 6.61 Å². The van der Waals surface area contributed by atoms with Crippen molar-refractivity contribution in [3.8, 4) is 5.75 Å². The Kier molecular flexibility index (Phi) is 4.72. The predicted octanol–water partition coefficient (Wildman–Crippen LogP) is 0.799. The van der Waals surface area contributed by atoms with Crippen LogP contribution >= 0.6 is 0 Å². The average Bonchev–Trinajstić information content (AvgIpc) is 2.27. The Morgan fingerprint density at radius 3 is 2.94 bits per heavy atom. The van der Waals surface area contributed by atoms with Crippen molar-refractivity contribution in [2.75, 3.05) is 13.2 Å². The van der Waals surface area contributed by atoms with Crippen LogP contribution in [-0.2, 0) is 11.3 Å². The molecule has 0 radical (unpaired) electrons. The highest BCUT2D eigenvalue weighted by atomic mass is 19.1. The molecule has 0 atom stereocenters. The van der Waals surface area contributed by atoms with Crippen molar-refractivity contribution < 1.29 is 13.9 Å². The smallest absolute Gasteiger partial charge is 0.257 e. The maximum absolute atomic E-state index is 12.9. The van der Waals surface area contributed by atoms with E-state index >= 15 is 0 Å². The van der Waals surface area contributed by atoms with Crippen molar-refractivity contribution in [2.24, 2.45) is 5.73 Å². The molecule has 16 heavy (non-hydrogen) atoms. The lowest BCUT2D eigenvalue weighted by molar-refractivity contribution is -0.122. The normalized spacial score (nSPS) is 9.94. The van der Waals surface area contributed by atoms with E-state index in [4.69, 9.17) is 10.5 Å². The summed E-state index contributed by atoms with van der Waals surface area (Å²) in [7, 11) is 0. The molecule has 88 valence electrons. The Morgan fingerprint density at radius 1 is 1.56 bits per heavy atom. The molecule has 0 aliphatic heterocycles. The van der Waals surface area contributed by atoms with Crippen molar-refractivity contribution in [3.05, 3.63) is 29.6 Å². The number of hydrogen-bond acceptors (Lipinski definition) is 3. The lowest BCUT2D eigenvalue weighted by atomic mass is 10.2. The summed E-state index contributed by atoms with van der Waals surface area (Å²) in [4.78, 5) is 11.1. The highest BCUT2D eigenvalue weighted by Crippen LogP contribution is 2.18. The molecule has 0 fully saturated rings. The van der Waals surface area contributed by atoms with Crippen LogP contribution in [-0.4, -0.2) is 19.1 Å². The Hall–Kier alpha value is -1.62. The van der Waals surface area contributed by atoms with Gasteiger partial charge in [0.2, 0.25) is 0 Å². The van der Waals surface area contributed by atoms with Gasteiger partial charge in [0.1, 0.15) is 11.6 Å². The molecule has 4 nitrogen and oxygen atoms in total. The fourth-order valence-electron chi connectivity index (χ4n) is 1.24. The third-order valence-electron chi connectivity index (χ3n) is 1.98. The van der Waals surface area contributed by atoms with E-state index in [1.807, 2.05) is 6.92 Å². The molecule has 0 unspecified atom stereocenters. The van der Waals surface area contributed by atoms with Crippen LogP contribution in [0.15, 0.2) is 18.2 Å². The lowest BCUT2D eigenvalue weighted by Crippen LogP contribution is -2.28. The van der Waals surface area contributed by atoms with Crippen LogP contribution in [0.3, 0.4) is 0 Å². The zero-order valence-corrected chi connectivity index (χ0v) is 9.13. The molecule has 0 saturated carbocycles. The molecule has 0 aliphatic carbocycles. The molecule has 3 N–H and O–H groups in total. The topological polar surface area (TPSA) is 64.3 Å². The summed E-state index contributed by atoms with van der Waals surface area (Å²) >= 11 is 0. The Labute approximate surface area is 93.6 Å². The van der Waals surface area contributed by atoms with Crippen molar-refractivity contribution >= 4 is 5.91 Å². The van der Waals surface area contributed by atoms with Gasteiger partial charge in [-0.2, -0.15) is 0 Å². The van der Waals surface area contributed by atoms with Crippen LogP contribution in [0.1, 0.15) is 12.5 Å². The Bertz CT molecular complexity index is 369. The number of carbonyl (C=O) groups is 1. The average molecular weight is 226 g/mol. The number of nitrogens with one attached hydrogen (secondary N) is 1. The van der Waals surface area contributed by atoms with Gasteiger partial charge in [-0.05, 0) is 25.1 Å². The molecule has 5 heteroatoms. The maximum Gasteiger partial charge on any atom is 0.257 e. The van der Waals surface area contributed by atoms with E-state index < -0.39 is 0 Å². The van der Waals surface area contributed by atoms with Gasteiger partial charge in [-0.15, -0.1) is 0 Å². The highest BCUT2D eigenvalue weighted by Gasteiger charge is 2.06. The summed E-state index contributed by atoms with van der Waals surface area (Å²) in [5.41, 5.74) is 5.98. The zero-order chi connectivity index (χ0) is 12.0. The Balaban J connectivity index is 2.63. The summed E-state index contributed by atoms with van der Waals surface area (Å²) in [6, 6.07) is 4.04. The number of nitrogens with two attached hydrogens (primary N) is 1. The highest BCUT2D eigenvalue weighted by molar-refractivity contribution is 5.77. The minimum absolute atomic E-state index is 0.0908. The first-order chi connectivity index (χ1) is 7.67. The molecular formula is C11H15FN2O2. The SMILES string of the molecule is CCNC(=O)COc1ccc(F)cc1CN. The van der Waals surface area contributed by atoms with Gasteiger partial charge in [0.05, 0.1) is 0 Å². The van der Waals surface area contributed by atoms with Crippen molar-refractivity contribution in [3.63, 3.8) is 0 Å². The van der Waals surface area contributed by atoms with E-state index in [2.05, 4.69) is 5.32 Å². The van der Waals surface area contributed by atoms with Gasteiger partial charge in [-0.3, -0.25) is 4.79 Å². The fraction of sp³-hybridized carbons (Fsp3) is 0.364. The number of halogens is 1. The quantitative estimate of drug-likeness (QED) is 0.780. The van der Waals surface area contributed by atoms with Gasteiger partial charge >= 0.3 is 0 Å². The number of amides is 1. The Morgan fingerprint density at radius 2 is 2.31 bits per heavy atom. The largest absolute Gasteiger partial charge is 0.483 e. The fourth-order valence-corrected chi connectivity index (χ4v) is 1.24. The summed E-state index contributed by atoms with van der Waals surface area (Å²) < 4.78 is 18.1. The third kappa shape index (κ3) is 3.51. The molecule has 1 aromatic carbocycles. The van der Waals surface area contributed by atoms with Crippen LogP contribution in [0.4, 0.5) is 4.39 Å². The molecule has 1 aromatic rings. The molecule has 0 bridgehead atoms. The number of ether oxygens (including phenoxy) is 1. The van der Waals surface area contributed by atoms with Gasteiger partial charge in [-0.1, -0.05) is 0 Å². The number of carbonyl (C=O) groups excluding carboxylic acids is 1. The van der Waals surface area contributed by atoms with Crippen LogP contribution in [0.25, 0.3) is 0 Å². The van der Waals surface area contributed by atoms with E-state index in [0.717, 1.165) is 0 Å². The molecule has 0 spiro atoms. The summed E-state index contributed by atoms with van der Waals surface area (Å²) in [5.74, 6) is -0.143. The second-order valence-corrected chi connectivity index (χ2v) is 3.20. The number of likely N-dealkylation sites (N-methyl/N-ethyl adjacent to an activating group) is 1. The second kappa shape index (κ2) is 6.07. The first kappa shape index (κ1) is 12.4. The van der Waals surface area contributed by atoms with Crippen molar-refractivity contribution in [1.82, 2.24) is 5.32 Å².